The first-order valence-electron chi connectivity index (χ1n) is 14.4. The molecule has 0 saturated carbocycles. The largest absolute Gasteiger partial charge is 0.392 e. The lowest BCUT2D eigenvalue weighted by Crippen LogP contribution is -2.45. The normalized spacial score (nSPS) is 17.5. The molecular formula is C30H34N10O2. The quantitative estimate of drug-likeness (QED) is 0.186. The van der Waals surface area contributed by atoms with Crippen molar-refractivity contribution in [2.45, 2.75) is 45.3 Å². The molecule has 0 fully saturated rings. The van der Waals surface area contributed by atoms with Crippen LogP contribution in [-0.2, 0) is 32.5 Å². The minimum absolute atomic E-state index is 0.0456. The number of aliphatic hydroxyl groups is 1. The Bertz CT molecular complexity index is 1770. The van der Waals surface area contributed by atoms with Crippen molar-refractivity contribution in [2.24, 2.45) is 0 Å². The van der Waals surface area contributed by atoms with Crippen LogP contribution in [0.3, 0.4) is 0 Å². The highest BCUT2D eigenvalue weighted by Gasteiger charge is 2.33. The van der Waals surface area contributed by atoms with Crippen molar-refractivity contribution in [2.75, 3.05) is 32.1 Å². The van der Waals surface area contributed by atoms with Crippen molar-refractivity contribution in [1.29, 1.82) is 5.41 Å². The lowest BCUT2D eigenvalue weighted by molar-refractivity contribution is 0.0805. The van der Waals surface area contributed by atoms with E-state index in [0.29, 0.717) is 47.2 Å². The van der Waals surface area contributed by atoms with Crippen molar-refractivity contribution >= 4 is 34.5 Å². The number of amides is 1. The van der Waals surface area contributed by atoms with E-state index in [0.717, 1.165) is 51.0 Å². The summed E-state index contributed by atoms with van der Waals surface area (Å²) in [6, 6.07) is 5.85. The Kier molecular flexibility index (Phi) is 6.51. The van der Waals surface area contributed by atoms with Crippen molar-refractivity contribution in [3.63, 3.8) is 0 Å². The van der Waals surface area contributed by atoms with Crippen molar-refractivity contribution in [3.8, 4) is 0 Å². The van der Waals surface area contributed by atoms with Gasteiger partial charge in [-0.1, -0.05) is 12.7 Å². The highest BCUT2D eigenvalue weighted by molar-refractivity contribution is 6.14. The molecule has 0 bridgehead atoms. The molecule has 3 aliphatic rings. The van der Waals surface area contributed by atoms with E-state index in [1.165, 1.54) is 16.2 Å². The van der Waals surface area contributed by atoms with Crippen molar-refractivity contribution < 1.29 is 9.90 Å². The number of rotatable bonds is 6. The van der Waals surface area contributed by atoms with Gasteiger partial charge in [0.2, 0.25) is 0 Å². The molecular weight excluding hydrogens is 532 g/mol. The standard InChI is InChI=1S/C30H34N10O2/c1-3-21(22(18-41)28(31)38-12-11-37-25-7-5-4-6-19(25)14-26(37)30(38)42)23-16-24(29-32-8-9-40(29)34-23)33-27-15-20-17-36(2)10-13-39(20)35-27/h3,8-9,14-16,31,41H,1,4-7,10-13,17-18H2,2H3,(H,33,35)/b22-21+,31-28?. The topological polar surface area (TPSA) is 133 Å². The third-order valence-corrected chi connectivity index (χ3v) is 8.55. The summed E-state index contributed by atoms with van der Waals surface area (Å²) in [7, 11) is 2.09. The maximum absolute atomic E-state index is 13.6. The molecule has 2 aliphatic heterocycles. The predicted molar refractivity (Wildman–Crippen MR) is 159 cm³/mol. The maximum atomic E-state index is 13.6. The third-order valence-electron chi connectivity index (χ3n) is 8.55. The molecule has 12 nitrogen and oxygen atoms in total. The minimum Gasteiger partial charge on any atom is -0.392 e. The zero-order valence-corrected chi connectivity index (χ0v) is 23.7. The Labute approximate surface area is 243 Å². The molecule has 42 heavy (non-hydrogen) atoms. The Morgan fingerprint density at radius 1 is 1.14 bits per heavy atom. The molecule has 1 aliphatic carbocycles. The number of hydrogen-bond acceptors (Lipinski definition) is 8. The zero-order chi connectivity index (χ0) is 29.0. The average Bonchev–Trinajstić information content (AvgIpc) is 3.72. The van der Waals surface area contributed by atoms with Gasteiger partial charge in [-0.25, -0.2) is 9.50 Å². The summed E-state index contributed by atoms with van der Waals surface area (Å²) in [6.45, 7) is 7.11. The first-order valence-corrected chi connectivity index (χ1v) is 14.4. The molecule has 7 rings (SSSR count). The number of anilines is 2. The lowest BCUT2D eigenvalue weighted by atomic mass is 9.98. The monoisotopic (exact) mass is 566 g/mol. The average molecular weight is 567 g/mol. The van der Waals surface area contributed by atoms with E-state index in [1.54, 1.807) is 23.0 Å². The summed E-state index contributed by atoms with van der Waals surface area (Å²) in [6.07, 6.45) is 9.23. The van der Waals surface area contributed by atoms with Crippen LogP contribution in [0.2, 0.25) is 0 Å². The molecule has 0 radical (unpaired) electrons. The number of hydrogen-bond donors (Lipinski definition) is 3. The van der Waals surface area contributed by atoms with E-state index < -0.39 is 6.61 Å². The van der Waals surface area contributed by atoms with E-state index in [-0.39, 0.29) is 17.3 Å². The van der Waals surface area contributed by atoms with Crippen LogP contribution in [0.5, 0.6) is 0 Å². The Morgan fingerprint density at radius 3 is 2.83 bits per heavy atom. The second kappa shape index (κ2) is 10.4. The van der Waals surface area contributed by atoms with E-state index in [1.807, 2.05) is 22.9 Å². The summed E-state index contributed by atoms with van der Waals surface area (Å²) in [5.74, 6) is 0.437. The maximum Gasteiger partial charge on any atom is 0.276 e. The molecule has 0 aromatic carbocycles. The summed E-state index contributed by atoms with van der Waals surface area (Å²) >= 11 is 0. The first-order chi connectivity index (χ1) is 20.4. The molecule has 6 heterocycles. The van der Waals surface area contributed by atoms with E-state index >= 15 is 0 Å². The summed E-state index contributed by atoms with van der Waals surface area (Å²) < 4.78 is 5.78. The Morgan fingerprint density at radius 2 is 2.00 bits per heavy atom. The lowest BCUT2D eigenvalue weighted by Gasteiger charge is -2.31. The smallest absolute Gasteiger partial charge is 0.276 e. The van der Waals surface area contributed by atoms with Crippen LogP contribution >= 0.6 is 0 Å². The van der Waals surface area contributed by atoms with Crippen LogP contribution in [0.25, 0.3) is 11.2 Å². The number of aliphatic hydroxyl groups excluding tert-OH is 1. The van der Waals surface area contributed by atoms with Crippen LogP contribution in [0.4, 0.5) is 11.5 Å². The number of carbonyl (C=O) groups excluding carboxylic acids is 1. The second-order valence-electron chi connectivity index (χ2n) is 11.2. The molecule has 4 aromatic heterocycles. The molecule has 0 atom stereocenters. The fraction of sp³-hybridized carbons (Fsp3) is 0.367. The van der Waals surface area contributed by atoms with Gasteiger partial charge in [0.25, 0.3) is 5.91 Å². The van der Waals surface area contributed by atoms with Gasteiger partial charge in [0.15, 0.2) is 11.5 Å². The van der Waals surface area contributed by atoms with Crippen LogP contribution in [0, 0.1) is 5.41 Å². The summed E-state index contributed by atoms with van der Waals surface area (Å²) in [5.41, 5.74) is 6.76. The van der Waals surface area contributed by atoms with E-state index in [4.69, 9.17) is 15.6 Å². The van der Waals surface area contributed by atoms with E-state index in [2.05, 4.69) is 33.4 Å². The number of likely N-dealkylation sites (N-methyl/N-ethyl adjacent to an activating group) is 1. The molecule has 0 saturated heterocycles. The van der Waals surface area contributed by atoms with Gasteiger partial charge in [0, 0.05) is 61.5 Å². The van der Waals surface area contributed by atoms with Gasteiger partial charge in [0.05, 0.1) is 30.2 Å². The molecule has 0 unspecified atom stereocenters. The zero-order valence-electron chi connectivity index (χ0n) is 23.7. The molecule has 216 valence electrons. The van der Waals surface area contributed by atoms with Crippen molar-refractivity contribution in [3.05, 3.63) is 77.2 Å². The number of carbonyl (C=O) groups is 1. The molecule has 12 heteroatoms. The summed E-state index contributed by atoms with van der Waals surface area (Å²) in [5, 5.41) is 32.4. The SMILES string of the molecule is C=C/C(=C(/CO)C(=N)N1CCn2c(cc3c2CCCC3)C1=O)c1cc(Nc2cc3n(n2)CCN(C)C3)c2nccn2n1. The summed E-state index contributed by atoms with van der Waals surface area (Å²) in [4.78, 5) is 21.8. The van der Waals surface area contributed by atoms with Crippen LogP contribution in [0.15, 0.2) is 48.8 Å². The second-order valence-corrected chi connectivity index (χ2v) is 11.2. The van der Waals surface area contributed by atoms with Crippen LogP contribution in [-0.4, -0.2) is 82.3 Å². The molecule has 0 spiro atoms. The van der Waals surface area contributed by atoms with E-state index in [9.17, 15) is 9.90 Å². The van der Waals surface area contributed by atoms with Crippen molar-refractivity contribution in [1.82, 2.24) is 38.7 Å². The van der Waals surface area contributed by atoms with Gasteiger partial charge in [-0.2, -0.15) is 10.2 Å². The third kappa shape index (κ3) is 4.34. The number of aromatic nitrogens is 6. The number of fused-ring (bicyclic) bond motifs is 5. The highest BCUT2D eigenvalue weighted by Crippen LogP contribution is 2.31. The number of nitrogens with zero attached hydrogens (tertiary/aromatic N) is 8. The predicted octanol–water partition coefficient (Wildman–Crippen LogP) is 2.86. The molecule has 1 amide bonds. The van der Waals surface area contributed by atoms with Gasteiger partial charge in [-0.05, 0) is 50.4 Å². The Balaban J connectivity index is 1.23. The number of allylic oxidation sites excluding steroid dienone is 2. The number of nitrogens with one attached hydrogen (secondary N) is 2. The fourth-order valence-electron chi connectivity index (χ4n) is 6.42. The molecule has 3 N–H and O–H groups in total. The number of amidine groups is 1. The van der Waals surface area contributed by atoms with Gasteiger partial charge < -0.3 is 15.0 Å². The van der Waals surface area contributed by atoms with Gasteiger partial charge in [-0.3, -0.25) is 24.7 Å². The van der Waals surface area contributed by atoms with Gasteiger partial charge in [0.1, 0.15) is 11.5 Å². The Hall–Kier alpha value is -4.55. The number of imidazole rings is 1. The van der Waals surface area contributed by atoms with Crippen LogP contribution < -0.4 is 5.32 Å². The molecule has 4 aromatic rings. The van der Waals surface area contributed by atoms with Gasteiger partial charge in [-0.15, -0.1) is 0 Å². The minimum atomic E-state index is -0.449. The fourth-order valence-corrected chi connectivity index (χ4v) is 6.42. The van der Waals surface area contributed by atoms with Crippen LogP contribution in [0.1, 0.15) is 46.0 Å². The number of aryl methyl sites for hydroxylation is 1. The highest BCUT2D eigenvalue weighted by atomic mass is 16.3. The van der Waals surface area contributed by atoms with Gasteiger partial charge >= 0.3 is 0 Å². The first kappa shape index (κ1) is 26.4.